The normalized spacial score (nSPS) is 20.1. The first-order valence-corrected chi connectivity index (χ1v) is 7.64. The lowest BCUT2D eigenvalue weighted by atomic mass is 10.2. The van der Waals surface area contributed by atoms with Gasteiger partial charge in [0, 0.05) is 13.2 Å². The third-order valence-corrected chi connectivity index (χ3v) is 5.76. The molecule has 0 aromatic heterocycles. The number of ether oxygens (including phenoxy) is 1. The number of sulfone groups is 1. The zero-order chi connectivity index (χ0) is 12.9. The summed E-state index contributed by atoms with van der Waals surface area (Å²) in [6, 6.07) is 0. The molecule has 6 heteroatoms. The minimum Gasteiger partial charge on any atom is -0.480 e. The van der Waals surface area contributed by atoms with Crippen LogP contribution in [0.3, 0.4) is 0 Å². The molecule has 100 valence electrons. The van der Waals surface area contributed by atoms with E-state index in [1.807, 2.05) is 6.92 Å². The van der Waals surface area contributed by atoms with Crippen molar-refractivity contribution in [3.8, 4) is 0 Å². The molecule has 0 spiro atoms. The van der Waals surface area contributed by atoms with E-state index < -0.39 is 26.3 Å². The van der Waals surface area contributed by atoms with E-state index in [1.165, 1.54) is 0 Å². The molecule has 1 saturated heterocycles. The van der Waals surface area contributed by atoms with Crippen LogP contribution in [0.1, 0.15) is 39.0 Å². The summed E-state index contributed by atoms with van der Waals surface area (Å²) in [7, 11) is -3.58. The maximum Gasteiger partial charge on any atom is 0.321 e. The summed E-state index contributed by atoms with van der Waals surface area (Å²) in [5, 5.41) is 7.26. The maximum atomic E-state index is 12.2. The molecule has 0 saturated carbocycles. The molecule has 0 amide bonds. The second kappa shape index (κ2) is 6.35. The third kappa shape index (κ3) is 3.67. The first kappa shape index (κ1) is 14.4. The van der Waals surface area contributed by atoms with E-state index in [9.17, 15) is 13.2 Å². The zero-order valence-corrected chi connectivity index (χ0v) is 10.9. The number of carbonyl (C=O) groups is 1. The van der Waals surface area contributed by atoms with Crippen molar-refractivity contribution in [3.05, 3.63) is 0 Å². The molecule has 1 N–H and O–H groups in total. The number of carboxylic acids is 1. The summed E-state index contributed by atoms with van der Waals surface area (Å²) < 4.78 is 29.5. The highest BCUT2D eigenvalue weighted by molar-refractivity contribution is 7.93. The number of aliphatic carboxylic acids is 1. The van der Waals surface area contributed by atoms with Gasteiger partial charge in [-0.15, -0.1) is 0 Å². The Labute approximate surface area is 102 Å². The molecule has 1 fully saturated rings. The van der Waals surface area contributed by atoms with Gasteiger partial charge in [-0.3, -0.25) is 4.79 Å². The van der Waals surface area contributed by atoms with Crippen molar-refractivity contribution in [2.45, 2.75) is 49.5 Å². The molecule has 0 aliphatic carbocycles. The second-order valence-corrected chi connectivity index (χ2v) is 6.78. The number of rotatable bonds is 6. The smallest absolute Gasteiger partial charge is 0.321 e. The van der Waals surface area contributed by atoms with E-state index in [1.54, 1.807) is 0 Å². The maximum absolute atomic E-state index is 12.2. The number of unbranched alkanes of at least 4 members (excludes halogenated alkanes) is 1. The van der Waals surface area contributed by atoms with Gasteiger partial charge < -0.3 is 9.84 Å². The largest absolute Gasteiger partial charge is 0.480 e. The van der Waals surface area contributed by atoms with Crippen molar-refractivity contribution in [2.24, 2.45) is 0 Å². The highest BCUT2D eigenvalue weighted by Gasteiger charge is 2.38. The van der Waals surface area contributed by atoms with Gasteiger partial charge >= 0.3 is 5.97 Å². The molecule has 1 atom stereocenters. The summed E-state index contributed by atoms with van der Waals surface area (Å²) >= 11 is 0. The Morgan fingerprint density at radius 1 is 1.41 bits per heavy atom. The van der Waals surface area contributed by atoms with Crippen LogP contribution in [0.2, 0.25) is 0 Å². The molecule has 1 rings (SSSR count). The van der Waals surface area contributed by atoms with Gasteiger partial charge in [0.25, 0.3) is 0 Å². The minimum absolute atomic E-state index is 0.214. The highest BCUT2D eigenvalue weighted by Crippen LogP contribution is 2.23. The van der Waals surface area contributed by atoms with Crippen LogP contribution in [-0.2, 0) is 19.4 Å². The Bertz CT molecular complexity index is 343. The Kier molecular flexibility index (Phi) is 5.39. The molecular formula is C11H20O5S. The molecule has 0 aromatic carbocycles. The van der Waals surface area contributed by atoms with Crippen molar-refractivity contribution < 1.29 is 23.1 Å². The molecule has 5 nitrogen and oxygen atoms in total. The van der Waals surface area contributed by atoms with Crippen molar-refractivity contribution in [2.75, 3.05) is 13.2 Å². The van der Waals surface area contributed by atoms with E-state index in [0.29, 0.717) is 32.5 Å². The fourth-order valence-corrected chi connectivity index (χ4v) is 4.14. The monoisotopic (exact) mass is 264 g/mol. The van der Waals surface area contributed by atoms with Crippen LogP contribution in [0.25, 0.3) is 0 Å². The van der Waals surface area contributed by atoms with Gasteiger partial charge in [0.05, 0.1) is 5.25 Å². The quantitative estimate of drug-likeness (QED) is 0.780. The van der Waals surface area contributed by atoms with Crippen LogP contribution in [0, 0.1) is 0 Å². The predicted molar refractivity (Wildman–Crippen MR) is 63.7 cm³/mol. The van der Waals surface area contributed by atoms with Gasteiger partial charge in [0.2, 0.25) is 0 Å². The van der Waals surface area contributed by atoms with E-state index in [4.69, 9.17) is 9.84 Å². The molecule has 0 radical (unpaired) electrons. The van der Waals surface area contributed by atoms with E-state index in [2.05, 4.69) is 0 Å². The average Bonchev–Trinajstić information content (AvgIpc) is 2.30. The molecule has 1 heterocycles. The minimum atomic E-state index is -3.58. The van der Waals surface area contributed by atoms with Gasteiger partial charge in [-0.05, 0) is 19.3 Å². The third-order valence-electron chi connectivity index (χ3n) is 3.12. The SMILES string of the molecule is CCCCC(C(=O)O)S(=O)(=O)C1CCOCC1. The van der Waals surface area contributed by atoms with E-state index in [-0.39, 0.29) is 6.42 Å². The van der Waals surface area contributed by atoms with E-state index in [0.717, 1.165) is 6.42 Å². The van der Waals surface area contributed by atoms with Gasteiger partial charge in [-0.25, -0.2) is 8.42 Å². The van der Waals surface area contributed by atoms with Crippen LogP contribution in [-0.4, -0.2) is 43.2 Å². The van der Waals surface area contributed by atoms with Crippen molar-refractivity contribution in [1.82, 2.24) is 0 Å². The fraction of sp³-hybridized carbons (Fsp3) is 0.909. The Balaban J connectivity index is 2.79. The first-order chi connectivity index (χ1) is 8.00. The predicted octanol–water partition coefficient (Wildman–Crippen LogP) is 1.22. The van der Waals surface area contributed by atoms with Gasteiger partial charge in [-0.2, -0.15) is 0 Å². The van der Waals surface area contributed by atoms with Crippen molar-refractivity contribution in [3.63, 3.8) is 0 Å². The Morgan fingerprint density at radius 3 is 2.47 bits per heavy atom. The molecule has 0 bridgehead atoms. The number of hydrogen-bond donors (Lipinski definition) is 1. The van der Waals surface area contributed by atoms with Crippen molar-refractivity contribution in [1.29, 1.82) is 0 Å². The molecule has 1 aliphatic heterocycles. The van der Waals surface area contributed by atoms with Crippen LogP contribution in [0.15, 0.2) is 0 Å². The summed E-state index contributed by atoms with van der Waals surface area (Å²) in [4.78, 5) is 11.1. The fourth-order valence-electron chi connectivity index (χ4n) is 2.05. The van der Waals surface area contributed by atoms with Crippen molar-refractivity contribution >= 4 is 15.8 Å². The van der Waals surface area contributed by atoms with Crippen LogP contribution in [0.5, 0.6) is 0 Å². The molecule has 0 aromatic rings. The van der Waals surface area contributed by atoms with Crippen LogP contribution < -0.4 is 0 Å². The standard InChI is InChI=1S/C11H20O5S/c1-2-3-4-10(11(12)13)17(14,15)9-5-7-16-8-6-9/h9-10H,2-8H2,1H3,(H,12,13). The molecule has 1 aliphatic rings. The zero-order valence-electron chi connectivity index (χ0n) is 10.1. The second-order valence-electron chi connectivity index (χ2n) is 4.37. The molecular weight excluding hydrogens is 244 g/mol. The van der Waals surface area contributed by atoms with Gasteiger partial charge in [0.1, 0.15) is 0 Å². The van der Waals surface area contributed by atoms with Gasteiger partial charge in [0.15, 0.2) is 15.1 Å². The Hall–Kier alpha value is -0.620. The molecule has 1 unspecified atom stereocenters. The number of carboxylic acid groups (broad SMARTS) is 1. The summed E-state index contributed by atoms with van der Waals surface area (Å²) in [5.74, 6) is -1.22. The Morgan fingerprint density at radius 2 is 2.00 bits per heavy atom. The number of hydrogen-bond acceptors (Lipinski definition) is 4. The lowest BCUT2D eigenvalue weighted by molar-refractivity contribution is -0.136. The lowest BCUT2D eigenvalue weighted by Gasteiger charge is -2.25. The first-order valence-electron chi connectivity index (χ1n) is 6.03. The van der Waals surface area contributed by atoms with E-state index >= 15 is 0 Å². The summed E-state index contributed by atoms with van der Waals surface area (Å²) in [5.41, 5.74) is 0. The lowest BCUT2D eigenvalue weighted by Crippen LogP contribution is -2.40. The topological polar surface area (TPSA) is 80.7 Å². The highest BCUT2D eigenvalue weighted by atomic mass is 32.2. The summed E-state index contributed by atoms with van der Waals surface area (Å²) in [6.07, 6.45) is 2.47. The van der Waals surface area contributed by atoms with Crippen LogP contribution in [0.4, 0.5) is 0 Å². The van der Waals surface area contributed by atoms with Gasteiger partial charge in [-0.1, -0.05) is 19.8 Å². The summed E-state index contributed by atoms with van der Waals surface area (Å²) in [6.45, 7) is 2.73. The molecule has 17 heavy (non-hydrogen) atoms. The van der Waals surface area contributed by atoms with Crippen LogP contribution >= 0.6 is 0 Å². The average molecular weight is 264 g/mol.